The van der Waals surface area contributed by atoms with Gasteiger partial charge in [-0.1, -0.05) is 12.1 Å². The van der Waals surface area contributed by atoms with Crippen molar-refractivity contribution in [2.75, 3.05) is 33.8 Å². The lowest BCUT2D eigenvalue weighted by Crippen LogP contribution is -3.05. The van der Waals surface area contributed by atoms with E-state index in [9.17, 15) is 4.79 Å². The van der Waals surface area contributed by atoms with Gasteiger partial charge in [-0.2, -0.15) is 0 Å². The lowest BCUT2D eigenvalue weighted by Gasteiger charge is -2.12. The van der Waals surface area contributed by atoms with Gasteiger partial charge in [-0.15, -0.1) is 0 Å². The van der Waals surface area contributed by atoms with Crippen molar-refractivity contribution in [3.8, 4) is 5.75 Å². The van der Waals surface area contributed by atoms with Crippen molar-refractivity contribution in [1.82, 2.24) is 16.2 Å². The highest BCUT2D eigenvalue weighted by Gasteiger charge is 2.03. The number of rotatable bonds is 7. The van der Waals surface area contributed by atoms with Crippen LogP contribution in [0.2, 0.25) is 0 Å². The van der Waals surface area contributed by atoms with Crippen molar-refractivity contribution in [3.05, 3.63) is 29.8 Å². The number of hydrogen-bond acceptors (Lipinski definition) is 3. The molecule has 122 valence electrons. The van der Waals surface area contributed by atoms with Crippen molar-refractivity contribution in [2.45, 2.75) is 13.3 Å². The number of ether oxygens (including phenoxy) is 1. The zero-order chi connectivity index (χ0) is 16.4. The van der Waals surface area contributed by atoms with E-state index in [4.69, 9.17) is 17.0 Å². The van der Waals surface area contributed by atoms with Gasteiger partial charge in [-0.05, 0) is 36.8 Å². The Morgan fingerprint density at radius 2 is 2.09 bits per heavy atom. The fourth-order valence-corrected chi connectivity index (χ4v) is 1.86. The topological polar surface area (TPSA) is 66.8 Å². The second-order valence-electron chi connectivity index (χ2n) is 5.34. The number of quaternary nitrogens is 1. The molecule has 22 heavy (non-hydrogen) atoms. The molecule has 6 nitrogen and oxygen atoms in total. The summed E-state index contributed by atoms with van der Waals surface area (Å²) in [5.41, 5.74) is 6.23. The van der Waals surface area contributed by atoms with E-state index >= 15 is 0 Å². The zero-order valence-electron chi connectivity index (χ0n) is 13.4. The molecule has 1 aromatic carbocycles. The summed E-state index contributed by atoms with van der Waals surface area (Å²) < 4.78 is 5.39. The Morgan fingerprint density at radius 1 is 1.32 bits per heavy atom. The number of amides is 1. The standard InChI is InChI=1S/C15H24N4O2S/c1-12-6-4-7-13(10-12)21-11-14(20)17-18-15(22)16-8-5-9-19(2)3/h4,6-7,10H,5,8-9,11H2,1-3H3,(H,17,20)(H2,16,18,22)/p+1. The van der Waals surface area contributed by atoms with Crippen LogP contribution in [-0.4, -0.2) is 44.8 Å². The Balaban J connectivity index is 2.13. The Labute approximate surface area is 137 Å². The molecule has 0 bridgehead atoms. The number of nitrogens with one attached hydrogen (secondary N) is 4. The van der Waals surface area contributed by atoms with Crippen molar-refractivity contribution >= 4 is 23.2 Å². The summed E-state index contributed by atoms with van der Waals surface area (Å²) in [6, 6.07) is 7.54. The first-order valence-electron chi connectivity index (χ1n) is 7.28. The third-order valence-electron chi connectivity index (χ3n) is 2.81. The average Bonchev–Trinajstić information content (AvgIpc) is 2.47. The summed E-state index contributed by atoms with van der Waals surface area (Å²) in [4.78, 5) is 13.0. The maximum Gasteiger partial charge on any atom is 0.276 e. The summed E-state index contributed by atoms with van der Waals surface area (Å²) >= 11 is 5.06. The Bertz CT molecular complexity index is 494. The first kappa shape index (κ1) is 18.2. The van der Waals surface area contributed by atoms with E-state index in [1.165, 1.54) is 4.90 Å². The highest BCUT2D eigenvalue weighted by molar-refractivity contribution is 7.80. The first-order valence-corrected chi connectivity index (χ1v) is 7.69. The van der Waals surface area contributed by atoms with E-state index in [1.54, 1.807) is 0 Å². The number of aryl methyl sites for hydroxylation is 1. The second kappa shape index (κ2) is 9.97. The lowest BCUT2D eigenvalue weighted by molar-refractivity contribution is -0.858. The van der Waals surface area contributed by atoms with Gasteiger partial charge in [0.1, 0.15) is 5.75 Å². The van der Waals surface area contributed by atoms with Gasteiger partial charge in [0, 0.05) is 13.0 Å². The molecule has 1 amide bonds. The van der Waals surface area contributed by atoms with E-state index in [2.05, 4.69) is 30.3 Å². The van der Waals surface area contributed by atoms with Gasteiger partial charge in [0.15, 0.2) is 11.7 Å². The summed E-state index contributed by atoms with van der Waals surface area (Å²) in [5, 5.41) is 3.43. The van der Waals surface area contributed by atoms with Gasteiger partial charge in [0.05, 0.1) is 20.6 Å². The third kappa shape index (κ3) is 8.43. The van der Waals surface area contributed by atoms with Crippen LogP contribution < -0.4 is 25.8 Å². The molecule has 1 aromatic rings. The number of thiocarbonyl (C=S) groups is 1. The Hall–Kier alpha value is -1.86. The van der Waals surface area contributed by atoms with Gasteiger partial charge < -0.3 is 15.0 Å². The van der Waals surface area contributed by atoms with Crippen molar-refractivity contribution in [2.24, 2.45) is 0 Å². The molecular formula is C15H25N4O2S+. The third-order valence-corrected chi connectivity index (χ3v) is 3.06. The fraction of sp³-hybridized carbons (Fsp3) is 0.467. The predicted molar refractivity (Wildman–Crippen MR) is 90.8 cm³/mol. The van der Waals surface area contributed by atoms with Gasteiger partial charge in [0.25, 0.3) is 5.91 Å². The van der Waals surface area contributed by atoms with Crippen LogP contribution in [0, 0.1) is 6.92 Å². The highest BCUT2D eigenvalue weighted by atomic mass is 32.1. The summed E-state index contributed by atoms with van der Waals surface area (Å²) in [6.45, 7) is 3.73. The number of carbonyl (C=O) groups excluding carboxylic acids is 1. The molecule has 0 aliphatic heterocycles. The van der Waals surface area contributed by atoms with E-state index in [0.29, 0.717) is 10.9 Å². The quantitative estimate of drug-likeness (QED) is 0.306. The lowest BCUT2D eigenvalue weighted by atomic mass is 10.2. The second-order valence-corrected chi connectivity index (χ2v) is 5.75. The number of benzene rings is 1. The molecular weight excluding hydrogens is 300 g/mol. The van der Waals surface area contributed by atoms with Crippen LogP contribution in [0.25, 0.3) is 0 Å². The molecule has 0 atom stereocenters. The van der Waals surface area contributed by atoms with Crippen LogP contribution in [0.3, 0.4) is 0 Å². The van der Waals surface area contributed by atoms with E-state index in [-0.39, 0.29) is 12.5 Å². The fourth-order valence-electron chi connectivity index (χ4n) is 1.70. The number of hydrazine groups is 1. The molecule has 7 heteroatoms. The van der Waals surface area contributed by atoms with Gasteiger partial charge in [-0.25, -0.2) is 0 Å². The molecule has 0 radical (unpaired) electrons. The molecule has 0 heterocycles. The summed E-state index contributed by atoms with van der Waals surface area (Å²) in [7, 11) is 4.20. The molecule has 0 saturated heterocycles. The van der Waals surface area contributed by atoms with Gasteiger partial charge in [-0.3, -0.25) is 15.6 Å². The van der Waals surface area contributed by atoms with Gasteiger partial charge >= 0.3 is 0 Å². The highest BCUT2D eigenvalue weighted by Crippen LogP contribution is 2.11. The van der Waals surface area contributed by atoms with Crippen LogP contribution >= 0.6 is 12.2 Å². The summed E-state index contributed by atoms with van der Waals surface area (Å²) in [6.07, 6.45) is 1.01. The molecule has 0 fully saturated rings. The molecule has 0 aromatic heterocycles. The minimum Gasteiger partial charge on any atom is -0.484 e. The molecule has 0 aliphatic rings. The van der Waals surface area contributed by atoms with Crippen LogP contribution in [0.5, 0.6) is 5.75 Å². The molecule has 0 unspecified atom stereocenters. The molecule has 0 spiro atoms. The van der Waals surface area contributed by atoms with Gasteiger partial charge in [0.2, 0.25) is 0 Å². The molecule has 1 rings (SSSR count). The van der Waals surface area contributed by atoms with Crippen molar-refractivity contribution in [3.63, 3.8) is 0 Å². The maximum atomic E-state index is 11.6. The SMILES string of the molecule is Cc1cccc(OCC(=O)NNC(=S)NCCC[NH+](C)C)c1. The normalized spacial score (nSPS) is 10.2. The minimum atomic E-state index is -0.289. The predicted octanol–water partition coefficient (Wildman–Crippen LogP) is -0.596. The Morgan fingerprint density at radius 3 is 2.77 bits per heavy atom. The first-order chi connectivity index (χ1) is 10.5. The maximum absolute atomic E-state index is 11.6. The van der Waals surface area contributed by atoms with Crippen molar-refractivity contribution < 1.29 is 14.4 Å². The van der Waals surface area contributed by atoms with Crippen LogP contribution in [0.1, 0.15) is 12.0 Å². The molecule has 0 aliphatic carbocycles. The van der Waals surface area contributed by atoms with Crippen LogP contribution in [0.4, 0.5) is 0 Å². The monoisotopic (exact) mass is 325 g/mol. The zero-order valence-corrected chi connectivity index (χ0v) is 14.2. The minimum absolute atomic E-state index is 0.0664. The van der Waals surface area contributed by atoms with Crippen LogP contribution in [0.15, 0.2) is 24.3 Å². The van der Waals surface area contributed by atoms with E-state index < -0.39 is 0 Å². The molecule has 0 saturated carbocycles. The number of hydrogen-bond donors (Lipinski definition) is 4. The van der Waals surface area contributed by atoms with E-state index in [0.717, 1.165) is 25.1 Å². The number of carbonyl (C=O) groups is 1. The largest absolute Gasteiger partial charge is 0.484 e. The van der Waals surface area contributed by atoms with E-state index in [1.807, 2.05) is 31.2 Å². The average molecular weight is 325 g/mol. The Kier molecular flexibility index (Phi) is 8.24. The summed E-state index contributed by atoms with van der Waals surface area (Å²) in [5.74, 6) is 0.380. The molecule has 4 N–H and O–H groups in total. The smallest absolute Gasteiger partial charge is 0.276 e. The van der Waals surface area contributed by atoms with Crippen LogP contribution in [-0.2, 0) is 4.79 Å². The van der Waals surface area contributed by atoms with Crippen molar-refractivity contribution in [1.29, 1.82) is 0 Å².